The van der Waals surface area contributed by atoms with Gasteiger partial charge in [0.25, 0.3) is 0 Å². The number of nitrogens with zero attached hydrogens (tertiary/aromatic N) is 1. The van der Waals surface area contributed by atoms with Gasteiger partial charge in [-0.1, -0.05) is 13.3 Å². The first-order chi connectivity index (χ1) is 19.2. The Labute approximate surface area is 227 Å². The van der Waals surface area contributed by atoms with E-state index in [0.29, 0.717) is 36.6 Å². The fourth-order valence-electron chi connectivity index (χ4n) is 3.49. The number of alkyl halides is 12. The average Bonchev–Trinajstić information content (AvgIpc) is 2.95. The Balaban J connectivity index is 1.81. The summed E-state index contributed by atoms with van der Waals surface area (Å²) in [5.74, 6) is -27.3. The van der Waals surface area contributed by atoms with Crippen molar-refractivity contribution < 1.29 is 76.5 Å². The Morgan fingerprint density at radius 2 is 1.14 bits per heavy atom. The lowest BCUT2D eigenvalue weighted by atomic mass is 10.2. The zero-order valence-electron chi connectivity index (χ0n) is 20.8. The molecule has 1 saturated heterocycles. The predicted octanol–water partition coefficient (Wildman–Crippen LogP) is 6.99. The van der Waals surface area contributed by atoms with Gasteiger partial charge in [0, 0.05) is 0 Å². The average molecular weight is 627 g/mol. The Morgan fingerprint density at radius 3 is 1.57 bits per heavy atom. The van der Waals surface area contributed by atoms with E-state index in [0.717, 1.165) is 12.8 Å². The third-order valence-corrected chi connectivity index (χ3v) is 5.77. The SMILES string of the molecule is CCCCOc1ccc(C(=O)Oc2ccc(OC(=O)C(F)(N3C(F)(F)C(F)(F)C(F)(F)C3(F)F)C(F)(F)F)cc2)cc1. The van der Waals surface area contributed by atoms with Crippen LogP contribution in [0.25, 0.3) is 0 Å². The van der Waals surface area contributed by atoms with E-state index in [9.17, 15) is 62.3 Å². The second kappa shape index (κ2) is 10.9. The monoisotopic (exact) mass is 627 g/mol. The van der Waals surface area contributed by atoms with Gasteiger partial charge in [-0.3, -0.25) is 0 Å². The number of halogens is 12. The number of carbonyl (C=O) groups is 2. The molecule has 1 aliphatic rings. The molecule has 0 N–H and O–H groups in total. The standard InChI is InChI=1S/C24H17F12NO5/c1-2-3-12-40-14-6-4-13(5-7-14)17(38)41-15-8-10-16(11-9-15)42-18(39)19(25,22(30,31)32)37-23(33,34)20(26,27)21(28,29)24(37,35)36/h4-11H,2-3,12H2,1H3. The minimum absolute atomic E-state index is 0.0122. The van der Waals surface area contributed by atoms with E-state index in [2.05, 4.69) is 4.74 Å². The summed E-state index contributed by atoms with van der Waals surface area (Å²) in [6, 6.07) is -6.65. The number of likely N-dealkylation sites (tertiary alicyclic amines) is 1. The van der Waals surface area contributed by atoms with Crippen LogP contribution >= 0.6 is 0 Å². The summed E-state index contributed by atoms with van der Waals surface area (Å²) in [7, 11) is 0. The van der Waals surface area contributed by atoms with Gasteiger partial charge in [-0.2, -0.15) is 48.3 Å². The molecule has 3 rings (SSSR count). The molecule has 1 atom stereocenters. The zero-order chi connectivity index (χ0) is 31.9. The van der Waals surface area contributed by atoms with Crippen LogP contribution < -0.4 is 14.2 Å². The lowest BCUT2D eigenvalue weighted by Gasteiger charge is -2.38. The summed E-state index contributed by atoms with van der Waals surface area (Å²) in [6.07, 6.45) is -5.58. The van der Waals surface area contributed by atoms with Crippen molar-refractivity contribution in [3.8, 4) is 17.2 Å². The maximum absolute atomic E-state index is 14.9. The molecule has 1 unspecified atom stereocenters. The van der Waals surface area contributed by atoms with Gasteiger partial charge in [0.15, 0.2) is 0 Å². The van der Waals surface area contributed by atoms with Gasteiger partial charge in [0.05, 0.1) is 12.2 Å². The first kappa shape index (κ1) is 32.8. The van der Waals surface area contributed by atoms with Crippen molar-refractivity contribution in [2.24, 2.45) is 0 Å². The van der Waals surface area contributed by atoms with E-state index in [1.165, 1.54) is 24.3 Å². The zero-order valence-corrected chi connectivity index (χ0v) is 20.8. The molecular weight excluding hydrogens is 610 g/mol. The van der Waals surface area contributed by atoms with Gasteiger partial charge in [-0.05, 0) is 55.0 Å². The number of esters is 2. The molecule has 0 bridgehead atoms. The van der Waals surface area contributed by atoms with Crippen molar-refractivity contribution in [1.29, 1.82) is 0 Å². The minimum atomic E-state index is -7.26. The van der Waals surface area contributed by atoms with Crippen LogP contribution in [-0.2, 0) is 4.79 Å². The highest BCUT2D eigenvalue weighted by molar-refractivity contribution is 5.91. The topological polar surface area (TPSA) is 65.1 Å². The molecule has 2 aromatic carbocycles. The highest BCUT2D eigenvalue weighted by atomic mass is 19.4. The molecule has 6 nitrogen and oxygen atoms in total. The van der Waals surface area contributed by atoms with Crippen molar-refractivity contribution in [3.63, 3.8) is 0 Å². The van der Waals surface area contributed by atoms with E-state index < -0.39 is 58.5 Å². The normalized spacial score (nSPS) is 20.4. The second-order valence-corrected chi connectivity index (χ2v) is 8.66. The van der Waals surface area contributed by atoms with Gasteiger partial charge in [0.1, 0.15) is 17.2 Å². The van der Waals surface area contributed by atoms with E-state index in [4.69, 9.17) is 9.47 Å². The number of benzene rings is 2. The molecule has 0 spiro atoms. The van der Waals surface area contributed by atoms with Crippen LogP contribution in [0, 0.1) is 0 Å². The van der Waals surface area contributed by atoms with E-state index in [-0.39, 0.29) is 11.3 Å². The first-order valence-corrected chi connectivity index (χ1v) is 11.5. The molecule has 2 aromatic rings. The number of unbranched alkanes of at least 4 members (excludes halogenated alkanes) is 1. The number of hydrogen-bond donors (Lipinski definition) is 0. The number of ether oxygens (including phenoxy) is 3. The Morgan fingerprint density at radius 1 is 0.714 bits per heavy atom. The molecule has 0 radical (unpaired) electrons. The molecule has 18 heteroatoms. The van der Waals surface area contributed by atoms with E-state index in [1.807, 2.05) is 6.92 Å². The van der Waals surface area contributed by atoms with Crippen molar-refractivity contribution in [2.75, 3.05) is 6.61 Å². The van der Waals surface area contributed by atoms with Gasteiger partial charge >= 0.3 is 47.8 Å². The fourth-order valence-corrected chi connectivity index (χ4v) is 3.49. The predicted molar refractivity (Wildman–Crippen MR) is 115 cm³/mol. The fraction of sp³-hybridized carbons (Fsp3) is 0.417. The Kier molecular flexibility index (Phi) is 8.48. The molecule has 0 aliphatic carbocycles. The lowest BCUT2D eigenvalue weighted by molar-refractivity contribution is -0.382. The van der Waals surface area contributed by atoms with Crippen LogP contribution in [0.3, 0.4) is 0 Å². The molecule has 1 aliphatic heterocycles. The summed E-state index contributed by atoms with van der Waals surface area (Å²) in [5, 5.41) is 0. The molecule has 0 saturated carbocycles. The minimum Gasteiger partial charge on any atom is -0.494 e. The first-order valence-electron chi connectivity index (χ1n) is 11.5. The van der Waals surface area contributed by atoms with Crippen molar-refractivity contribution in [2.45, 2.75) is 55.7 Å². The maximum atomic E-state index is 14.9. The molecular formula is C24H17F12NO5. The van der Waals surface area contributed by atoms with Crippen LogP contribution in [0.2, 0.25) is 0 Å². The van der Waals surface area contributed by atoms with Crippen LogP contribution in [-0.4, -0.2) is 59.4 Å². The highest BCUT2D eigenvalue weighted by Crippen LogP contribution is 2.66. The van der Waals surface area contributed by atoms with Crippen LogP contribution in [0.4, 0.5) is 52.7 Å². The van der Waals surface area contributed by atoms with Crippen molar-refractivity contribution in [1.82, 2.24) is 4.90 Å². The third kappa shape index (κ3) is 5.20. The molecule has 0 aromatic heterocycles. The van der Waals surface area contributed by atoms with Crippen LogP contribution in [0.1, 0.15) is 30.1 Å². The van der Waals surface area contributed by atoms with E-state index in [1.54, 1.807) is 0 Å². The van der Waals surface area contributed by atoms with Crippen LogP contribution in [0.5, 0.6) is 17.2 Å². The number of rotatable bonds is 9. The number of carbonyl (C=O) groups excluding carboxylic acids is 2. The van der Waals surface area contributed by atoms with Gasteiger partial charge < -0.3 is 14.2 Å². The molecule has 1 heterocycles. The Hall–Kier alpha value is -3.70. The van der Waals surface area contributed by atoms with E-state index >= 15 is 0 Å². The van der Waals surface area contributed by atoms with Crippen molar-refractivity contribution >= 4 is 11.9 Å². The summed E-state index contributed by atoms with van der Waals surface area (Å²) < 4.78 is 179. The van der Waals surface area contributed by atoms with Gasteiger partial charge in [-0.15, -0.1) is 4.90 Å². The lowest BCUT2D eigenvalue weighted by Crippen LogP contribution is -2.70. The molecule has 0 amide bonds. The third-order valence-electron chi connectivity index (χ3n) is 5.77. The summed E-state index contributed by atoms with van der Waals surface area (Å²) >= 11 is 0. The molecule has 42 heavy (non-hydrogen) atoms. The summed E-state index contributed by atoms with van der Waals surface area (Å²) in [5.41, 5.74) is -0.0122. The summed E-state index contributed by atoms with van der Waals surface area (Å²) in [6.45, 7) is 2.37. The highest BCUT2D eigenvalue weighted by Gasteiger charge is 2.98. The largest absolute Gasteiger partial charge is 0.494 e. The smallest absolute Gasteiger partial charge is 0.448 e. The second-order valence-electron chi connectivity index (χ2n) is 8.66. The molecule has 1 fully saturated rings. The van der Waals surface area contributed by atoms with Gasteiger partial charge in [-0.25, -0.2) is 14.0 Å². The number of hydrogen-bond acceptors (Lipinski definition) is 6. The Bertz CT molecular complexity index is 1270. The molecule has 232 valence electrons. The van der Waals surface area contributed by atoms with Gasteiger partial charge in [0.2, 0.25) is 0 Å². The maximum Gasteiger partial charge on any atom is 0.448 e. The van der Waals surface area contributed by atoms with Crippen molar-refractivity contribution in [3.05, 3.63) is 54.1 Å². The van der Waals surface area contributed by atoms with Crippen LogP contribution in [0.15, 0.2) is 48.5 Å². The quantitative estimate of drug-likeness (QED) is 0.0983. The summed E-state index contributed by atoms with van der Waals surface area (Å²) in [4.78, 5) is 20.7.